The van der Waals surface area contributed by atoms with Crippen molar-refractivity contribution in [2.75, 3.05) is 14.1 Å². The van der Waals surface area contributed by atoms with Crippen molar-refractivity contribution in [3.8, 4) is 0 Å². The van der Waals surface area contributed by atoms with Gasteiger partial charge in [0.05, 0.1) is 0 Å². The van der Waals surface area contributed by atoms with Crippen LogP contribution in [0.25, 0.3) is 43.1 Å². The summed E-state index contributed by atoms with van der Waals surface area (Å²) in [5.74, 6) is 0. The van der Waals surface area contributed by atoms with E-state index in [1.165, 1.54) is 65.3 Å². The van der Waals surface area contributed by atoms with Gasteiger partial charge in [0.25, 0.3) is 0 Å². The largest absolute Gasteiger partial charge is 0.298 e. The summed E-state index contributed by atoms with van der Waals surface area (Å²) in [5.41, 5.74) is 5.89. The zero-order valence-electron chi connectivity index (χ0n) is 16.3. The van der Waals surface area contributed by atoms with E-state index in [2.05, 4.69) is 72.4 Å². The summed E-state index contributed by atoms with van der Waals surface area (Å²) in [5, 5.41) is 11.7. The van der Waals surface area contributed by atoms with Crippen LogP contribution in [-0.4, -0.2) is 23.9 Å². The van der Waals surface area contributed by atoms with Gasteiger partial charge in [0.15, 0.2) is 0 Å². The van der Waals surface area contributed by atoms with E-state index in [-0.39, 0.29) is 0 Å². The molecule has 7 rings (SSSR count). The average molecular weight is 362 g/mol. The first-order valence-corrected chi connectivity index (χ1v) is 10.2. The van der Waals surface area contributed by atoms with Gasteiger partial charge in [-0.3, -0.25) is 9.80 Å². The van der Waals surface area contributed by atoms with Gasteiger partial charge in [0.2, 0.25) is 0 Å². The van der Waals surface area contributed by atoms with Gasteiger partial charge in [-0.15, -0.1) is 0 Å². The van der Waals surface area contributed by atoms with Crippen LogP contribution < -0.4 is 0 Å². The average Bonchev–Trinajstić information content (AvgIpc) is 2.69. The molecule has 28 heavy (non-hydrogen) atoms. The van der Waals surface area contributed by atoms with Crippen molar-refractivity contribution in [1.29, 1.82) is 0 Å². The van der Waals surface area contributed by atoms with Crippen molar-refractivity contribution in [3.63, 3.8) is 0 Å². The molecule has 0 aliphatic carbocycles. The first-order valence-electron chi connectivity index (χ1n) is 10.2. The fourth-order valence-electron chi connectivity index (χ4n) is 5.99. The van der Waals surface area contributed by atoms with E-state index in [0.29, 0.717) is 0 Å². The lowest BCUT2D eigenvalue weighted by Crippen LogP contribution is -2.22. The standard InChI is InChI=1S/C26H22N2/c1-27-11-15-3-7-19-21-9-5-17-13-28(2)14-18-6-10-22(26(21)24(17)18)20-8-4-16(12-27)23(15)25(19)20/h3-10H,11-14H2,1-2H3. The molecule has 0 fully saturated rings. The molecule has 0 radical (unpaired) electrons. The van der Waals surface area contributed by atoms with Crippen molar-refractivity contribution in [1.82, 2.24) is 9.80 Å². The monoisotopic (exact) mass is 362 g/mol. The van der Waals surface area contributed by atoms with Crippen LogP contribution in [0.4, 0.5) is 0 Å². The number of nitrogens with zero attached hydrogens (tertiary/aromatic N) is 2. The summed E-state index contributed by atoms with van der Waals surface area (Å²) in [4.78, 5) is 4.83. The second-order valence-electron chi connectivity index (χ2n) is 8.93. The molecule has 0 unspecified atom stereocenters. The Morgan fingerprint density at radius 1 is 0.429 bits per heavy atom. The van der Waals surface area contributed by atoms with Crippen molar-refractivity contribution >= 4 is 43.1 Å². The maximum atomic E-state index is 2.41. The summed E-state index contributed by atoms with van der Waals surface area (Å²) in [6.45, 7) is 4.17. The molecule has 5 aromatic rings. The summed E-state index contributed by atoms with van der Waals surface area (Å²) in [6, 6.07) is 19.0. The molecular formula is C26H22N2. The molecule has 0 bridgehead atoms. The zero-order chi connectivity index (χ0) is 18.6. The molecule has 2 nitrogen and oxygen atoms in total. The highest BCUT2D eigenvalue weighted by Gasteiger charge is 2.23. The molecule has 5 aromatic carbocycles. The van der Waals surface area contributed by atoms with Crippen LogP contribution in [0.3, 0.4) is 0 Å². The summed E-state index contributed by atoms with van der Waals surface area (Å²) in [7, 11) is 4.44. The predicted molar refractivity (Wildman–Crippen MR) is 118 cm³/mol. The first-order chi connectivity index (χ1) is 13.7. The van der Waals surface area contributed by atoms with Crippen molar-refractivity contribution < 1.29 is 0 Å². The van der Waals surface area contributed by atoms with Gasteiger partial charge in [-0.25, -0.2) is 0 Å². The lowest BCUT2D eigenvalue weighted by atomic mass is 9.83. The number of hydrogen-bond donors (Lipinski definition) is 0. The fraction of sp³-hybridized carbons (Fsp3) is 0.231. The maximum absolute atomic E-state index is 2.41. The second-order valence-corrected chi connectivity index (χ2v) is 8.93. The summed E-state index contributed by atoms with van der Waals surface area (Å²) in [6.07, 6.45) is 0. The third kappa shape index (κ3) is 1.76. The van der Waals surface area contributed by atoms with Crippen LogP contribution in [0.1, 0.15) is 22.3 Å². The third-order valence-electron chi connectivity index (χ3n) is 7.01. The van der Waals surface area contributed by atoms with Crippen molar-refractivity contribution in [3.05, 3.63) is 70.8 Å². The molecule has 0 N–H and O–H groups in total. The Hall–Kier alpha value is -2.68. The topological polar surface area (TPSA) is 6.48 Å². The molecule has 2 aliphatic heterocycles. The van der Waals surface area contributed by atoms with E-state index in [0.717, 1.165) is 26.2 Å². The molecule has 2 heterocycles. The smallest absolute Gasteiger partial charge is 0.0240 e. The van der Waals surface area contributed by atoms with Crippen molar-refractivity contribution in [2.45, 2.75) is 26.2 Å². The van der Waals surface area contributed by atoms with E-state index in [4.69, 9.17) is 0 Å². The Morgan fingerprint density at radius 3 is 1.00 bits per heavy atom. The van der Waals surface area contributed by atoms with E-state index in [1.54, 1.807) is 0 Å². The van der Waals surface area contributed by atoms with Gasteiger partial charge >= 0.3 is 0 Å². The Labute approximate surface area is 164 Å². The van der Waals surface area contributed by atoms with E-state index >= 15 is 0 Å². The highest BCUT2D eigenvalue weighted by molar-refractivity contribution is 6.34. The minimum absolute atomic E-state index is 1.04. The van der Waals surface area contributed by atoms with Gasteiger partial charge in [0.1, 0.15) is 0 Å². The number of fused-ring (bicyclic) bond motifs is 2. The Kier molecular flexibility index (Phi) is 2.74. The van der Waals surface area contributed by atoms with Crippen molar-refractivity contribution in [2.24, 2.45) is 0 Å². The number of benzene rings is 5. The van der Waals surface area contributed by atoms with Gasteiger partial charge < -0.3 is 0 Å². The van der Waals surface area contributed by atoms with Gasteiger partial charge in [-0.2, -0.15) is 0 Å². The quantitative estimate of drug-likeness (QED) is 0.260. The molecule has 0 spiro atoms. The Bertz CT molecular complexity index is 1230. The molecule has 0 saturated heterocycles. The molecule has 2 heteroatoms. The van der Waals surface area contributed by atoms with E-state index < -0.39 is 0 Å². The van der Waals surface area contributed by atoms with Gasteiger partial charge in [0, 0.05) is 26.2 Å². The van der Waals surface area contributed by atoms with Gasteiger partial charge in [-0.05, 0) is 79.4 Å². The Balaban J connectivity index is 1.75. The highest BCUT2D eigenvalue weighted by atomic mass is 15.1. The molecule has 0 amide bonds. The number of rotatable bonds is 0. The third-order valence-corrected chi connectivity index (χ3v) is 7.01. The SMILES string of the molecule is CN1Cc2ccc3c4ccc5c6c(ccc(c7ccc(c2c37)C1)c64)CN(C)C5. The van der Waals surface area contributed by atoms with Gasteiger partial charge in [-0.1, -0.05) is 48.5 Å². The summed E-state index contributed by atoms with van der Waals surface area (Å²) < 4.78 is 0. The first kappa shape index (κ1) is 15.3. The van der Waals surface area contributed by atoms with Crippen LogP contribution in [0.5, 0.6) is 0 Å². The van der Waals surface area contributed by atoms with Crippen LogP contribution >= 0.6 is 0 Å². The lowest BCUT2D eigenvalue weighted by Gasteiger charge is -2.29. The maximum Gasteiger partial charge on any atom is 0.0240 e. The zero-order valence-corrected chi connectivity index (χ0v) is 16.3. The van der Waals surface area contributed by atoms with E-state index in [9.17, 15) is 0 Å². The van der Waals surface area contributed by atoms with Crippen LogP contribution in [0.2, 0.25) is 0 Å². The minimum Gasteiger partial charge on any atom is -0.298 e. The predicted octanol–water partition coefficient (Wildman–Crippen LogP) is 5.63. The summed E-state index contributed by atoms with van der Waals surface area (Å²) >= 11 is 0. The highest BCUT2D eigenvalue weighted by Crippen LogP contribution is 2.45. The van der Waals surface area contributed by atoms with E-state index in [1.807, 2.05) is 0 Å². The molecule has 0 atom stereocenters. The molecule has 136 valence electrons. The molecule has 2 aliphatic rings. The molecular weight excluding hydrogens is 340 g/mol. The van der Waals surface area contributed by atoms with Crippen LogP contribution in [0.15, 0.2) is 48.5 Å². The molecule has 0 aromatic heterocycles. The normalized spacial score (nSPS) is 17.5. The van der Waals surface area contributed by atoms with Crippen LogP contribution in [0, 0.1) is 0 Å². The second kappa shape index (κ2) is 5.02. The fourth-order valence-corrected chi connectivity index (χ4v) is 5.99. The lowest BCUT2D eigenvalue weighted by molar-refractivity contribution is 0.314. The van der Waals surface area contributed by atoms with Crippen LogP contribution in [-0.2, 0) is 26.2 Å². The molecule has 0 saturated carbocycles. The minimum atomic E-state index is 1.04. The number of hydrogen-bond acceptors (Lipinski definition) is 2. The Morgan fingerprint density at radius 2 is 0.714 bits per heavy atom.